The monoisotopic (exact) mass is 338 g/mol. The fraction of sp³-hybridized carbons (Fsp3) is 0.636. The van der Waals surface area contributed by atoms with E-state index in [2.05, 4.69) is 65.6 Å². The number of halogens is 2. The maximum Gasteiger partial charge on any atom is 0.0528 e. The van der Waals surface area contributed by atoms with Crippen molar-refractivity contribution in [2.24, 2.45) is 11.8 Å². The Bertz CT molecular complexity index is 304. The quantitative estimate of drug-likeness (QED) is 0.633. The third-order valence-electron chi connectivity index (χ3n) is 2.60. The molecular weight excluding hydrogens is 324 g/mol. The standard InChI is InChI=1S/C11H16Br2S/c1-6(2)8(4)10(13)11-9(12)5-7(3)14-11/h5-6,8,10H,1-4H3. The van der Waals surface area contributed by atoms with E-state index >= 15 is 0 Å². The minimum Gasteiger partial charge on any atom is -0.143 e. The molecular formula is C11H16Br2S. The summed E-state index contributed by atoms with van der Waals surface area (Å²) in [4.78, 5) is 3.26. The molecule has 0 spiro atoms. The van der Waals surface area contributed by atoms with E-state index in [1.165, 1.54) is 14.2 Å². The molecule has 0 bridgehead atoms. The summed E-state index contributed by atoms with van der Waals surface area (Å²) >= 11 is 9.29. The number of hydrogen-bond acceptors (Lipinski definition) is 1. The molecule has 1 heterocycles. The van der Waals surface area contributed by atoms with Crippen molar-refractivity contribution in [1.29, 1.82) is 0 Å². The van der Waals surface area contributed by atoms with Gasteiger partial charge in [-0.3, -0.25) is 0 Å². The maximum absolute atomic E-state index is 3.80. The summed E-state index contributed by atoms with van der Waals surface area (Å²) < 4.78 is 1.24. The first-order chi connectivity index (χ1) is 6.43. The van der Waals surface area contributed by atoms with Crippen molar-refractivity contribution < 1.29 is 0 Å². The molecule has 0 aliphatic heterocycles. The molecule has 0 aliphatic carbocycles. The summed E-state index contributed by atoms with van der Waals surface area (Å²) in [5.74, 6) is 1.36. The average Bonchev–Trinajstić information content (AvgIpc) is 2.42. The number of rotatable bonds is 3. The Hall–Kier alpha value is 0.660. The minimum atomic E-state index is 0.468. The van der Waals surface area contributed by atoms with Crippen molar-refractivity contribution >= 4 is 43.2 Å². The van der Waals surface area contributed by atoms with Crippen LogP contribution in [-0.2, 0) is 0 Å². The second-order valence-corrected chi connectivity index (χ2v) is 7.20. The van der Waals surface area contributed by atoms with E-state index in [1.54, 1.807) is 0 Å². The Labute approximate surface area is 107 Å². The summed E-state index contributed by atoms with van der Waals surface area (Å²) in [5.41, 5.74) is 0. The highest BCUT2D eigenvalue weighted by atomic mass is 79.9. The zero-order valence-corrected chi connectivity index (χ0v) is 13.0. The van der Waals surface area contributed by atoms with E-state index in [0.717, 1.165) is 0 Å². The van der Waals surface area contributed by atoms with Crippen LogP contribution in [0.1, 0.15) is 35.4 Å². The molecule has 1 aromatic heterocycles. The van der Waals surface area contributed by atoms with Gasteiger partial charge in [0.25, 0.3) is 0 Å². The molecule has 3 heteroatoms. The van der Waals surface area contributed by atoms with Crippen LogP contribution in [0.4, 0.5) is 0 Å². The Morgan fingerprint density at radius 2 is 1.86 bits per heavy atom. The molecule has 0 amide bonds. The Kier molecular flexibility index (Phi) is 4.66. The highest BCUT2D eigenvalue weighted by Gasteiger charge is 2.22. The van der Waals surface area contributed by atoms with E-state index in [9.17, 15) is 0 Å². The first-order valence-electron chi connectivity index (χ1n) is 4.83. The van der Waals surface area contributed by atoms with Crippen molar-refractivity contribution in [1.82, 2.24) is 0 Å². The number of aryl methyl sites for hydroxylation is 1. The average molecular weight is 340 g/mol. The van der Waals surface area contributed by atoms with Crippen LogP contribution in [0.25, 0.3) is 0 Å². The smallest absolute Gasteiger partial charge is 0.0528 e. The Morgan fingerprint density at radius 1 is 1.29 bits per heavy atom. The van der Waals surface area contributed by atoms with Gasteiger partial charge in [0.15, 0.2) is 0 Å². The SMILES string of the molecule is Cc1cc(Br)c(C(Br)C(C)C(C)C)s1. The second-order valence-electron chi connectivity index (χ2n) is 4.07. The molecule has 0 saturated heterocycles. The highest BCUT2D eigenvalue weighted by molar-refractivity contribution is 9.11. The van der Waals surface area contributed by atoms with Crippen molar-refractivity contribution in [3.05, 3.63) is 20.3 Å². The van der Waals surface area contributed by atoms with Gasteiger partial charge in [-0.25, -0.2) is 0 Å². The van der Waals surface area contributed by atoms with Gasteiger partial charge in [0.05, 0.1) is 4.83 Å². The predicted molar refractivity (Wildman–Crippen MR) is 72.4 cm³/mol. The lowest BCUT2D eigenvalue weighted by molar-refractivity contribution is 0.416. The Morgan fingerprint density at radius 3 is 2.21 bits per heavy atom. The molecule has 0 aliphatic rings. The fourth-order valence-electron chi connectivity index (χ4n) is 1.27. The van der Waals surface area contributed by atoms with Crippen LogP contribution in [0.3, 0.4) is 0 Å². The zero-order valence-electron chi connectivity index (χ0n) is 8.97. The lowest BCUT2D eigenvalue weighted by atomic mass is 9.94. The zero-order chi connectivity index (χ0) is 10.9. The van der Waals surface area contributed by atoms with Crippen LogP contribution in [0.15, 0.2) is 10.5 Å². The first-order valence-corrected chi connectivity index (χ1v) is 7.36. The summed E-state index contributed by atoms with van der Waals surface area (Å²) in [6.07, 6.45) is 0. The van der Waals surface area contributed by atoms with Gasteiger partial charge in [0.2, 0.25) is 0 Å². The molecule has 0 saturated carbocycles. The third-order valence-corrected chi connectivity index (χ3v) is 6.25. The van der Waals surface area contributed by atoms with Crippen molar-refractivity contribution in [3.8, 4) is 0 Å². The van der Waals surface area contributed by atoms with Crippen molar-refractivity contribution in [2.75, 3.05) is 0 Å². The summed E-state index contributed by atoms with van der Waals surface area (Å²) in [6.45, 7) is 8.99. The van der Waals surface area contributed by atoms with E-state index in [0.29, 0.717) is 16.7 Å². The predicted octanol–water partition coefficient (Wildman–Crippen LogP) is 5.55. The summed E-state index contributed by atoms with van der Waals surface area (Å²) in [6, 6.07) is 2.20. The molecule has 0 radical (unpaired) electrons. The van der Waals surface area contributed by atoms with Gasteiger partial charge >= 0.3 is 0 Å². The van der Waals surface area contributed by atoms with Crippen LogP contribution in [0, 0.1) is 18.8 Å². The van der Waals surface area contributed by atoms with Crippen LogP contribution < -0.4 is 0 Å². The second kappa shape index (κ2) is 5.13. The molecule has 0 nitrogen and oxygen atoms in total. The Balaban J connectivity index is 2.88. The lowest BCUT2D eigenvalue weighted by Crippen LogP contribution is -2.09. The van der Waals surface area contributed by atoms with Gasteiger partial charge in [0, 0.05) is 14.2 Å². The van der Waals surface area contributed by atoms with Crippen LogP contribution in [0.5, 0.6) is 0 Å². The van der Waals surface area contributed by atoms with Crippen LogP contribution >= 0.6 is 43.2 Å². The lowest BCUT2D eigenvalue weighted by Gasteiger charge is -2.21. The molecule has 1 aromatic rings. The maximum atomic E-state index is 3.80. The van der Waals surface area contributed by atoms with E-state index in [-0.39, 0.29) is 0 Å². The molecule has 0 N–H and O–H groups in total. The molecule has 1 rings (SSSR count). The van der Waals surface area contributed by atoms with Crippen LogP contribution in [-0.4, -0.2) is 0 Å². The topological polar surface area (TPSA) is 0 Å². The summed E-state index contributed by atoms with van der Waals surface area (Å²) in [5, 5.41) is 0. The molecule has 2 atom stereocenters. The largest absolute Gasteiger partial charge is 0.143 e. The van der Waals surface area contributed by atoms with Gasteiger partial charge in [-0.1, -0.05) is 36.7 Å². The van der Waals surface area contributed by atoms with Gasteiger partial charge < -0.3 is 0 Å². The molecule has 2 unspecified atom stereocenters. The number of thiophene rings is 1. The molecule has 0 fully saturated rings. The minimum absolute atomic E-state index is 0.468. The van der Waals surface area contributed by atoms with Crippen molar-refractivity contribution in [3.63, 3.8) is 0 Å². The van der Waals surface area contributed by atoms with Gasteiger partial charge in [-0.2, -0.15) is 0 Å². The van der Waals surface area contributed by atoms with Gasteiger partial charge in [-0.05, 0) is 40.8 Å². The normalized spacial score (nSPS) is 15.9. The van der Waals surface area contributed by atoms with Gasteiger partial charge in [-0.15, -0.1) is 11.3 Å². The fourth-order valence-corrected chi connectivity index (χ4v) is 4.70. The summed E-state index contributed by atoms with van der Waals surface area (Å²) in [7, 11) is 0. The first kappa shape index (κ1) is 12.7. The van der Waals surface area contributed by atoms with E-state index < -0.39 is 0 Å². The van der Waals surface area contributed by atoms with Crippen molar-refractivity contribution in [2.45, 2.75) is 32.5 Å². The third kappa shape index (κ3) is 2.83. The van der Waals surface area contributed by atoms with E-state index in [1.807, 2.05) is 11.3 Å². The van der Waals surface area contributed by atoms with E-state index in [4.69, 9.17) is 0 Å². The molecule has 80 valence electrons. The highest BCUT2D eigenvalue weighted by Crippen LogP contribution is 2.42. The molecule has 14 heavy (non-hydrogen) atoms. The number of alkyl halides is 1. The van der Waals surface area contributed by atoms with Crippen LogP contribution in [0.2, 0.25) is 0 Å². The number of hydrogen-bond donors (Lipinski definition) is 0. The van der Waals surface area contributed by atoms with Gasteiger partial charge in [0.1, 0.15) is 0 Å². The molecule has 0 aromatic carbocycles.